The van der Waals surface area contributed by atoms with Crippen LogP contribution in [0.5, 0.6) is 0 Å². The van der Waals surface area contributed by atoms with E-state index in [0.717, 1.165) is 11.1 Å². The van der Waals surface area contributed by atoms with Crippen LogP contribution in [0.3, 0.4) is 0 Å². The van der Waals surface area contributed by atoms with Crippen LogP contribution in [-0.2, 0) is 6.54 Å². The van der Waals surface area contributed by atoms with Crippen LogP contribution in [-0.4, -0.2) is 34.6 Å². The number of nitrogens with zero attached hydrogens (tertiary/aromatic N) is 1. The molecule has 0 atom stereocenters. The molecule has 0 unspecified atom stereocenters. The zero-order valence-electron chi connectivity index (χ0n) is 12.0. The first-order valence-corrected chi connectivity index (χ1v) is 6.79. The van der Waals surface area contributed by atoms with E-state index in [1.165, 1.54) is 0 Å². The fourth-order valence-electron chi connectivity index (χ4n) is 1.99. The largest absolute Gasteiger partial charge is 0.395 e. The summed E-state index contributed by atoms with van der Waals surface area (Å²) in [6, 6.07) is 11.3. The highest BCUT2D eigenvalue weighted by atomic mass is 16.2. The Balaban J connectivity index is 2.12. The van der Waals surface area contributed by atoms with Crippen molar-refractivity contribution < 1.29 is 9.90 Å². The van der Waals surface area contributed by atoms with Crippen LogP contribution in [0.15, 0.2) is 42.6 Å². The lowest BCUT2D eigenvalue weighted by Crippen LogP contribution is -2.26. The minimum absolute atomic E-state index is 0.0559. The van der Waals surface area contributed by atoms with Crippen molar-refractivity contribution in [3.8, 4) is 11.8 Å². The summed E-state index contributed by atoms with van der Waals surface area (Å²) in [5, 5.41) is 8.78. The number of aromatic nitrogens is 1. The van der Waals surface area contributed by atoms with Crippen molar-refractivity contribution >= 4 is 5.91 Å². The number of nitrogens with one attached hydrogen (secondary N) is 1. The lowest BCUT2D eigenvalue weighted by Gasteiger charge is -2.17. The van der Waals surface area contributed by atoms with Gasteiger partial charge in [0.1, 0.15) is 5.69 Å². The molecule has 0 fully saturated rings. The van der Waals surface area contributed by atoms with Crippen LogP contribution in [0.4, 0.5) is 0 Å². The highest BCUT2D eigenvalue weighted by Gasteiger charge is 2.13. The van der Waals surface area contributed by atoms with Crippen molar-refractivity contribution in [2.75, 3.05) is 13.7 Å². The quantitative estimate of drug-likeness (QED) is 0.843. The van der Waals surface area contributed by atoms with Crippen molar-refractivity contribution in [1.82, 2.24) is 9.88 Å². The van der Waals surface area contributed by atoms with Gasteiger partial charge in [0.15, 0.2) is 0 Å². The van der Waals surface area contributed by atoms with Crippen molar-refractivity contribution in [3.63, 3.8) is 0 Å². The summed E-state index contributed by atoms with van der Waals surface area (Å²) in [6.45, 7) is 0.544. The van der Waals surface area contributed by atoms with E-state index in [-0.39, 0.29) is 12.5 Å². The molecule has 4 nitrogen and oxygen atoms in total. The molecule has 1 aromatic heterocycles. The van der Waals surface area contributed by atoms with Gasteiger partial charge in [-0.15, -0.1) is 0 Å². The summed E-state index contributed by atoms with van der Waals surface area (Å²) in [6.07, 6.45) is 2.18. The van der Waals surface area contributed by atoms with Crippen LogP contribution < -0.4 is 0 Å². The molecule has 2 rings (SSSR count). The molecule has 2 aromatic rings. The van der Waals surface area contributed by atoms with Gasteiger partial charge >= 0.3 is 0 Å². The molecule has 108 valence electrons. The molecule has 2 N–H and O–H groups in total. The number of benzene rings is 1. The lowest BCUT2D eigenvalue weighted by atomic mass is 10.1. The van der Waals surface area contributed by atoms with Crippen LogP contribution >= 0.6 is 0 Å². The minimum Gasteiger partial charge on any atom is -0.395 e. The number of hydrogen-bond donors (Lipinski definition) is 2. The van der Waals surface area contributed by atoms with Gasteiger partial charge < -0.3 is 15.0 Å². The first kappa shape index (κ1) is 14.9. The number of carbonyl (C=O) groups excluding carboxylic acids is 1. The number of rotatable bonds is 4. The third kappa shape index (κ3) is 3.98. The second-order valence-electron chi connectivity index (χ2n) is 4.68. The Hall–Kier alpha value is -2.51. The number of carbonyl (C=O) groups is 1. The molecule has 1 amide bonds. The normalized spacial score (nSPS) is 9.81. The van der Waals surface area contributed by atoms with E-state index < -0.39 is 0 Å². The van der Waals surface area contributed by atoms with Crippen LogP contribution in [0.25, 0.3) is 0 Å². The molecule has 0 aliphatic carbocycles. The molecule has 0 aliphatic rings. The Morgan fingerprint density at radius 1 is 1.29 bits per heavy atom. The highest BCUT2D eigenvalue weighted by molar-refractivity contribution is 5.92. The highest BCUT2D eigenvalue weighted by Crippen LogP contribution is 2.11. The van der Waals surface area contributed by atoms with E-state index in [1.807, 2.05) is 24.3 Å². The van der Waals surface area contributed by atoms with Gasteiger partial charge in [-0.3, -0.25) is 4.79 Å². The van der Waals surface area contributed by atoms with Gasteiger partial charge in [-0.25, -0.2) is 0 Å². The molecule has 1 heterocycles. The summed E-state index contributed by atoms with van der Waals surface area (Å²) in [5.74, 6) is 5.89. The van der Waals surface area contributed by atoms with Crippen LogP contribution in [0.1, 0.15) is 28.0 Å². The molecule has 0 spiro atoms. The summed E-state index contributed by atoms with van der Waals surface area (Å²) in [7, 11) is 1.76. The predicted molar refractivity (Wildman–Crippen MR) is 81.6 cm³/mol. The van der Waals surface area contributed by atoms with Gasteiger partial charge in [0.05, 0.1) is 6.61 Å². The monoisotopic (exact) mass is 282 g/mol. The number of H-pyrrole nitrogens is 1. The summed E-state index contributed by atoms with van der Waals surface area (Å²) >= 11 is 0. The SMILES string of the molecule is CN(Cc1ccccc1C#CCCO)C(=O)c1ccc[nH]1. The minimum atomic E-state index is -0.0573. The topological polar surface area (TPSA) is 56.3 Å². The second-order valence-corrected chi connectivity index (χ2v) is 4.68. The predicted octanol–water partition coefficient (Wildman–Crippen LogP) is 2.02. The van der Waals surface area contributed by atoms with Gasteiger partial charge in [-0.2, -0.15) is 0 Å². The molecule has 1 aromatic carbocycles. The maximum Gasteiger partial charge on any atom is 0.270 e. The number of hydrogen-bond acceptors (Lipinski definition) is 2. The molecule has 0 aliphatic heterocycles. The van der Waals surface area contributed by atoms with E-state index in [1.54, 1.807) is 30.3 Å². The van der Waals surface area contributed by atoms with E-state index in [4.69, 9.17) is 5.11 Å². The Labute approximate surface area is 124 Å². The molecule has 0 saturated heterocycles. The first-order chi connectivity index (χ1) is 10.2. The van der Waals surface area contributed by atoms with Gasteiger partial charge in [0.25, 0.3) is 5.91 Å². The molecular weight excluding hydrogens is 264 g/mol. The number of aliphatic hydroxyl groups is 1. The molecule has 0 bridgehead atoms. The first-order valence-electron chi connectivity index (χ1n) is 6.79. The maximum atomic E-state index is 12.2. The second kappa shape index (κ2) is 7.32. The Morgan fingerprint density at radius 3 is 2.81 bits per heavy atom. The third-order valence-corrected chi connectivity index (χ3v) is 3.06. The smallest absolute Gasteiger partial charge is 0.270 e. The Morgan fingerprint density at radius 2 is 2.10 bits per heavy atom. The van der Waals surface area contributed by atoms with Crippen molar-refractivity contribution in [3.05, 3.63) is 59.4 Å². The third-order valence-electron chi connectivity index (χ3n) is 3.06. The maximum absolute atomic E-state index is 12.2. The molecule has 0 radical (unpaired) electrons. The average Bonchev–Trinajstić information content (AvgIpc) is 3.02. The fraction of sp³-hybridized carbons (Fsp3) is 0.235. The molecular formula is C17H18N2O2. The summed E-state index contributed by atoms with van der Waals surface area (Å²) in [5.41, 5.74) is 2.45. The number of aliphatic hydroxyl groups excluding tert-OH is 1. The van der Waals surface area contributed by atoms with Gasteiger partial charge in [0, 0.05) is 31.8 Å². The Bertz CT molecular complexity index is 651. The average molecular weight is 282 g/mol. The zero-order valence-corrected chi connectivity index (χ0v) is 12.0. The zero-order chi connectivity index (χ0) is 15.1. The molecule has 21 heavy (non-hydrogen) atoms. The fourth-order valence-corrected chi connectivity index (χ4v) is 1.99. The van der Waals surface area contributed by atoms with E-state index in [0.29, 0.717) is 18.7 Å². The van der Waals surface area contributed by atoms with Gasteiger partial charge in [0.2, 0.25) is 0 Å². The van der Waals surface area contributed by atoms with Crippen LogP contribution in [0.2, 0.25) is 0 Å². The Kier molecular flexibility index (Phi) is 5.19. The molecule has 4 heteroatoms. The van der Waals surface area contributed by atoms with Crippen molar-refractivity contribution in [1.29, 1.82) is 0 Å². The van der Waals surface area contributed by atoms with Crippen molar-refractivity contribution in [2.45, 2.75) is 13.0 Å². The number of aromatic amines is 1. The standard InChI is InChI=1S/C17H18N2O2/c1-19(17(21)16-10-6-11-18-16)13-15-9-3-2-7-14(15)8-4-5-12-20/h2-3,6-7,9-11,18,20H,5,12-13H2,1H3. The van der Waals surface area contributed by atoms with Gasteiger partial charge in [-0.05, 0) is 23.8 Å². The lowest BCUT2D eigenvalue weighted by molar-refractivity contribution is 0.0780. The number of amides is 1. The summed E-state index contributed by atoms with van der Waals surface area (Å²) in [4.78, 5) is 16.8. The van der Waals surface area contributed by atoms with E-state index in [9.17, 15) is 4.79 Å². The van der Waals surface area contributed by atoms with E-state index in [2.05, 4.69) is 16.8 Å². The van der Waals surface area contributed by atoms with Crippen molar-refractivity contribution in [2.24, 2.45) is 0 Å². The van der Waals surface area contributed by atoms with Gasteiger partial charge in [-0.1, -0.05) is 30.0 Å². The van der Waals surface area contributed by atoms with E-state index >= 15 is 0 Å². The molecule has 0 saturated carbocycles. The van der Waals surface area contributed by atoms with Crippen LogP contribution in [0, 0.1) is 11.8 Å². The summed E-state index contributed by atoms with van der Waals surface area (Å²) < 4.78 is 0.